The molecular formula is C38H32. The molecule has 2 aliphatic rings. The van der Waals surface area contributed by atoms with Crippen molar-refractivity contribution in [2.24, 2.45) is 0 Å². The summed E-state index contributed by atoms with van der Waals surface area (Å²) < 4.78 is 0. The fraction of sp³-hybridized carbons (Fsp3) is 0.158. The van der Waals surface area contributed by atoms with E-state index < -0.39 is 0 Å². The largest absolute Gasteiger partial charge is 0.0836 e. The summed E-state index contributed by atoms with van der Waals surface area (Å²) in [5, 5.41) is 5.21. The third kappa shape index (κ3) is 4.11. The molecule has 2 aliphatic carbocycles. The number of benzene rings is 5. The minimum atomic E-state index is 1.15. The standard InChI is InChI=1S/C38H32/c1-25-7-3-6-10-37(25)38-24-34(12-11-26(38)2)31-16-18-33-22-35-20-30(15-17-32(35)23-36(33)21-31)29-14-13-27-8-4-5-9-28(27)19-29/h3,5-7,9-12,15-24H,4,8,13-14H2,1-2H3. The van der Waals surface area contributed by atoms with Crippen molar-refractivity contribution in [3.63, 3.8) is 0 Å². The highest BCUT2D eigenvalue weighted by Gasteiger charge is 2.15. The summed E-state index contributed by atoms with van der Waals surface area (Å²) >= 11 is 0. The van der Waals surface area contributed by atoms with Gasteiger partial charge in [-0.25, -0.2) is 0 Å². The molecule has 0 aliphatic heterocycles. The maximum Gasteiger partial charge on any atom is -0.0146 e. The van der Waals surface area contributed by atoms with Crippen LogP contribution in [0.2, 0.25) is 0 Å². The van der Waals surface area contributed by atoms with E-state index in [1.807, 2.05) is 0 Å². The van der Waals surface area contributed by atoms with Crippen LogP contribution in [0.15, 0.2) is 120 Å². The van der Waals surface area contributed by atoms with Crippen molar-refractivity contribution in [1.29, 1.82) is 0 Å². The van der Waals surface area contributed by atoms with Crippen LogP contribution in [0.25, 0.3) is 49.4 Å². The first-order chi connectivity index (χ1) is 18.6. The highest BCUT2D eigenvalue weighted by atomic mass is 14.2. The molecule has 38 heavy (non-hydrogen) atoms. The molecule has 0 bridgehead atoms. The van der Waals surface area contributed by atoms with E-state index in [1.165, 1.54) is 90.9 Å². The second kappa shape index (κ2) is 9.30. The first-order valence-electron chi connectivity index (χ1n) is 13.9. The summed E-state index contributed by atoms with van der Waals surface area (Å²) in [6.45, 7) is 4.40. The molecule has 0 fully saturated rings. The minimum absolute atomic E-state index is 1.15. The zero-order valence-corrected chi connectivity index (χ0v) is 22.2. The van der Waals surface area contributed by atoms with Gasteiger partial charge in [-0.15, -0.1) is 0 Å². The van der Waals surface area contributed by atoms with Gasteiger partial charge in [-0.1, -0.05) is 84.5 Å². The average Bonchev–Trinajstić information content (AvgIpc) is 2.96. The van der Waals surface area contributed by atoms with Crippen LogP contribution < -0.4 is 0 Å². The van der Waals surface area contributed by atoms with E-state index in [4.69, 9.17) is 0 Å². The molecule has 0 amide bonds. The summed E-state index contributed by atoms with van der Waals surface area (Å²) in [6.07, 6.45) is 11.9. The lowest BCUT2D eigenvalue weighted by Crippen LogP contribution is -2.01. The average molecular weight is 489 g/mol. The van der Waals surface area contributed by atoms with Gasteiger partial charge in [0.15, 0.2) is 0 Å². The smallest absolute Gasteiger partial charge is 0.0146 e. The molecule has 0 atom stereocenters. The van der Waals surface area contributed by atoms with E-state index >= 15 is 0 Å². The Kier molecular flexibility index (Phi) is 5.63. The molecule has 0 unspecified atom stereocenters. The molecule has 0 aromatic heterocycles. The zero-order valence-electron chi connectivity index (χ0n) is 22.2. The molecule has 0 heteroatoms. The zero-order chi connectivity index (χ0) is 25.6. The monoisotopic (exact) mass is 488 g/mol. The normalized spacial score (nSPS) is 15.2. The maximum absolute atomic E-state index is 2.43. The number of rotatable bonds is 3. The fourth-order valence-electron chi connectivity index (χ4n) is 6.27. The topological polar surface area (TPSA) is 0 Å². The number of hydrogen-bond donors (Lipinski definition) is 0. The van der Waals surface area contributed by atoms with Crippen LogP contribution in [0.3, 0.4) is 0 Å². The van der Waals surface area contributed by atoms with E-state index in [9.17, 15) is 0 Å². The van der Waals surface area contributed by atoms with Gasteiger partial charge in [-0.05, 0) is 141 Å². The van der Waals surface area contributed by atoms with Gasteiger partial charge >= 0.3 is 0 Å². The fourth-order valence-corrected chi connectivity index (χ4v) is 6.27. The predicted molar refractivity (Wildman–Crippen MR) is 164 cm³/mol. The van der Waals surface area contributed by atoms with Crippen molar-refractivity contribution in [3.8, 4) is 22.3 Å². The van der Waals surface area contributed by atoms with Crippen molar-refractivity contribution in [2.45, 2.75) is 39.5 Å². The van der Waals surface area contributed by atoms with Crippen molar-refractivity contribution >= 4 is 27.1 Å². The summed E-state index contributed by atoms with van der Waals surface area (Å²) in [7, 11) is 0. The minimum Gasteiger partial charge on any atom is -0.0836 e. The molecule has 0 spiro atoms. The Morgan fingerprint density at radius 1 is 0.526 bits per heavy atom. The van der Waals surface area contributed by atoms with E-state index in [1.54, 1.807) is 5.57 Å². The SMILES string of the molecule is Cc1ccccc1-c1cc(-c2ccc3cc4cc(C5=CC6=C(CCC=C6)CC5)ccc4cc3c2)ccc1C. The van der Waals surface area contributed by atoms with Crippen LogP contribution in [0.5, 0.6) is 0 Å². The highest BCUT2D eigenvalue weighted by Crippen LogP contribution is 2.37. The molecule has 0 N–H and O–H groups in total. The van der Waals surface area contributed by atoms with Gasteiger partial charge in [0.25, 0.3) is 0 Å². The van der Waals surface area contributed by atoms with Crippen molar-refractivity contribution < 1.29 is 0 Å². The lowest BCUT2D eigenvalue weighted by atomic mass is 9.84. The third-order valence-electron chi connectivity index (χ3n) is 8.52. The van der Waals surface area contributed by atoms with Crippen molar-refractivity contribution in [2.75, 3.05) is 0 Å². The Balaban J connectivity index is 1.26. The van der Waals surface area contributed by atoms with Crippen molar-refractivity contribution in [1.82, 2.24) is 0 Å². The Morgan fingerprint density at radius 2 is 1.21 bits per heavy atom. The molecule has 184 valence electrons. The summed E-state index contributed by atoms with van der Waals surface area (Å²) in [5.74, 6) is 0. The molecular weight excluding hydrogens is 456 g/mol. The highest BCUT2D eigenvalue weighted by molar-refractivity contribution is 6.01. The first kappa shape index (κ1) is 23.0. The van der Waals surface area contributed by atoms with Gasteiger partial charge in [0.1, 0.15) is 0 Å². The first-order valence-corrected chi connectivity index (χ1v) is 13.9. The molecule has 5 aromatic carbocycles. The van der Waals surface area contributed by atoms with Gasteiger partial charge in [-0.3, -0.25) is 0 Å². The quantitative estimate of drug-likeness (QED) is 0.222. The van der Waals surface area contributed by atoms with Gasteiger partial charge < -0.3 is 0 Å². The number of fused-ring (bicyclic) bond motifs is 2. The van der Waals surface area contributed by atoms with Crippen LogP contribution in [0.1, 0.15) is 42.4 Å². The maximum atomic E-state index is 2.43. The summed E-state index contributed by atoms with van der Waals surface area (Å²) in [4.78, 5) is 0. The van der Waals surface area contributed by atoms with Crippen LogP contribution in [0.4, 0.5) is 0 Å². The predicted octanol–water partition coefficient (Wildman–Crippen LogP) is 10.8. The third-order valence-corrected chi connectivity index (χ3v) is 8.52. The lowest BCUT2D eigenvalue weighted by Gasteiger charge is -2.21. The van der Waals surface area contributed by atoms with E-state index in [-0.39, 0.29) is 0 Å². The lowest BCUT2D eigenvalue weighted by molar-refractivity contribution is 0.838. The Morgan fingerprint density at radius 3 is 2.03 bits per heavy atom. The Labute approximate surface area is 225 Å². The molecule has 0 saturated carbocycles. The van der Waals surface area contributed by atoms with E-state index in [0.29, 0.717) is 0 Å². The van der Waals surface area contributed by atoms with Gasteiger partial charge in [-0.2, -0.15) is 0 Å². The van der Waals surface area contributed by atoms with Crippen molar-refractivity contribution in [3.05, 3.63) is 137 Å². The Hall–Kier alpha value is -4.16. The molecule has 0 nitrogen and oxygen atoms in total. The molecule has 7 rings (SSSR count). The number of allylic oxidation sites excluding steroid dienone is 6. The van der Waals surface area contributed by atoms with Gasteiger partial charge in [0.05, 0.1) is 0 Å². The summed E-state index contributed by atoms with van der Waals surface area (Å²) in [5.41, 5.74) is 13.7. The second-order valence-electron chi connectivity index (χ2n) is 11.0. The van der Waals surface area contributed by atoms with Crippen LogP contribution in [-0.2, 0) is 0 Å². The van der Waals surface area contributed by atoms with Crippen LogP contribution >= 0.6 is 0 Å². The number of aryl methyl sites for hydroxylation is 2. The van der Waals surface area contributed by atoms with E-state index in [0.717, 1.165) is 6.42 Å². The molecule has 0 heterocycles. The summed E-state index contributed by atoms with van der Waals surface area (Å²) in [6, 6.07) is 34.2. The molecule has 5 aromatic rings. The van der Waals surface area contributed by atoms with Gasteiger partial charge in [0.2, 0.25) is 0 Å². The van der Waals surface area contributed by atoms with Crippen LogP contribution in [-0.4, -0.2) is 0 Å². The Bertz CT molecular complexity index is 1820. The van der Waals surface area contributed by atoms with Gasteiger partial charge in [0, 0.05) is 0 Å². The second-order valence-corrected chi connectivity index (χ2v) is 11.0. The molecule has 0 radical (unpaired) electrons. The van der Waals surface area contributed by atoms with E-state index in [2.05, 4.69) is 123 Å². The number of hydrogen-bond acceptors (Lipinski definition) is 0. The molecule has 0 saturated heterocycles. The van der Waals surface area contributed by atoms with Crippen LogP contribution in [0, 0.1) is 13.8 Å².